The first-order valence-electron chi connectivity index (χ1n) is 6.54. The van der Waals surface area contributed by atoms with Crippen LogP contribution >= 0.6 is 11.3 Å². The summed E-state index contributed by atoms with van der Waals surface area (Å²) in [6.45, 7) is 6.47. The predicted octanol–water partition coefficient (Wildman–Crippen LogP) is 1.94. The molecule has 0 bridgehead atoms. The second-order valence-electron chi connectivity index (χ2n) is 5.07. The van der Waals surface area contributed by atoms with Gasteiger partial charge in [0.25, 0.3) is 0 Å². The molecule has 1 heterocycles. The largest absolute Gasteiger partial charge is 0.313 e. The van der Waals surface area contributed by atoms with E-state index in [-0.39, 0.29) is 11.8 Å². The lowest BCUT2D eigenvalue weighted by molar-refractivity contribution is 0.387. The number of hydrogen-bond donors (Lipinski definition) is 1. The van der Waals surface area contributed by atoms with Crippen LogP contribution in [0.4, 0.5) is 0 Å². The van der Waals surface area contributed by atoms with Gasteiger partial charge in [-0.1, -0.05) is 19.9 Å². The standard InChI is InChI=1S/C13H24N2O2S2/c1-11(2)14-7-9-19(16,17)15(4)12(3)10-13-6-5-8-18-13/h5-6,8,11-12,14H,7,9-10H2,1-4H3. The highest BCUT2D eigenvalue weighted by Gasteiger charge is 2.23. The van der Waals surface area contributed by atoms with Crippen molar-refractivity contribution in [2.24, 2.45) is 0 Å². The molecule has 1 unspecified atom stereocenters. The molecule has 1 aromatic heterocycles. The van der Waals surface area contributed by atoms with Crippen molar-refractivity contribution in [3.8, 4) is 0 Å². The fraction of sp³-hybridized carbons (Fsp3) is 0.692. The predicted molar refractivity (Wildman–Crippen MR) is 82.2 cm³/mol. The molecule has 0 fully saturated rings. The first-order chi connectivity index (χ1) is 8.83. The molecule has 19 heavy (non-hydrogen) atoms. The van der Waals surface area contributed by atoms with Crippen LogP contribution in [0.25, 0.3) is 0 Å². The van der Waals surface area contributed by atoms with Crippen molar-refractivity contribution in [3.05, 3.63) is 22.4 Å². The Kier molecular flexibility index (Phi) is 6.46. The molecule has 1 N–H and O–H groups in total. The maximum atomic E-state index is 12.2. The molecule has 0 aliphatic rings. The third kappa shape index (κ3) is 5.60. The molecule has 0 aromatic carbocycles. The van der Waals surface area contributed by atoms with E-state index in [1.165, 1.54) is 9.18 Å². The van der Waals surface area contributed by atoms with E-state index in [0.29, 0.717) is 12.6 Å². The van der Waals surface area contributed by atoms with E-state index >= 15 is 0 Å². The summed E-state index contributed by atoms with van der Waals surface area (Å²) in [6.07, 6.45) is 0.769. The molecule has 0 aliphatic carbocycles. The van der Waals surface area contributed by atoms with E-state index in [2.05, 4.69) is 5.32 Å². The van der Waals surface area contributed by atoms with Gasteiger partial charge in [-0.15, -0.1) is 11.3 Å². The van der Waals surface area contributed by atoms with Crippen LogP contribution in [0.5, 0.6) is 0 Å². The van der Waals surface area contributed by atoms with Gasteiger partial charge in [-0.2, -0.15) is 0 Å². The zero-order chi connectivity index (χ0) is 14.5. The summed E-state index contributed by atoms with van der Waals surface area (Å²) in [7, 11) is -1.51. The number of hydrogen-bond acceptors (Lipinski definition) is 4. The average molecular weight is 304 g/mol. The van der Waals surface area contributed by atoms with E-state index in [4.69, 9.17) is 0 Å². The zero-order valence-corrected chi connectivity index (χ0v) is 13.7. The van der Waals surface area contributed by atoms with Crippen molar-refractivity contribution in [2.45, 2.75) is 39.3 Å². The molecule has 1 rings (SSSR count). The van der Waals surface area contributed by atoms with Crippen molar-refractivity contribution >= 4 is 21.4 Å². The number of sulfonamides is 1. The maximum Gasteiger partial charge on any atom is 0.215 e. The molecule has 4 nitrogen and oxygen atoms in total. The molecule has 0 saturated carbocycles. The van der Waals surface area contributed by atoms with Gasteiger partial charge in [0.1, 0.15) is 0 Å². The first kappa shape index (κ1) is 16.6. The summed E-state index contributed by atoms with van der Waals surface area (Å²) in [6, 6.07) is 4.34. The number of rotatable bonds is 8. The van der Waals surface area contributed by atoms with E-state index < -0.39 is 10.0 Å². The Morgan fingerprint density at radius 2 is 2.05 bits per heavy atom. The van der Waals surface area contributed by atoms with Gasteiger partial charge in [-0.25, -0.2) is 12.7 Å². The summed E-state index contributed by atoms with van der Waals surface area (Å²) in [5, 5.41) is 5.15. The fourth-order valence-corrected chi connectivity index (χ4v) is 3.86. The van der Waals surface area contributed by atoms with Crippen molar-refractivity contribution in [2.75, 3.05) is 19.3 Å². The second kappa shape index (κ2) is 7.38. The summed E-state index contributed by atoms with van der Waals surface area (Å²) in [5.41, 5.74) is 0. The summed E-state index contributed by atoms with van der Waals surface area (Å²) in [4.78, 5) is 1.22. The summed E-state index contributed by atoms with van der Waals surface area (Å²) < 4.78 is 25.8. The van der Waals surface area contributed by atoms with Gasteiger partial charge >= 0.3 is 0 Å². The number of nitrogens with zero attached hydrogens (tertiary/aromatic N) is 1. The Labute approximate surface area is 120 Å². The molecule has 0 saturated heterocycles. The topological polar surface area (TPSA) is 49.4 Å². The van der Waals surface area contributed by atoms with Crippen LogP contribution in [0.3, 0.4) is 0 Å². The SMILES string of the molecule is CC(C)NCCS(=O)(=O)N(C)C(C)Cc1cccs1. The van der Waals surface area contributed by atoms with Crippen LogP contribution in [0.1, 0.15) is 25.6 Å². The number of nitrogens with one attached hydrogen (secondary N) is 1. The Bertz CT molecular complexity index is 455. The van der Waals surface area contributed by atoms with E-state index in [0.717, 1.165) is 6.42 Å². The third-order valence-electron chi connectivity index (χ3n) is 3.05. The lowest BCUT2D eigenvalue weighted by Gasteiger charge is -2.24. The molecule has 0 aliphatic heterocycles. The van der Waals surface area contributed by atoms with Gasteiger partial charge in [-0.05, 0) is 24.8 Å². The van der Waals surface area contributed by atoms with Crippen LogP contribution in [-0.4, -0.2) is 44.2 Å². The fourth-order valence-electron chi connectivity index (χ4n) is 1.74. The number of likely N-dealkylation sites (N-methyl/N-ethyl adjacent to an activating group) is 1. The lowest BCUT2D eigenvalue weighted by Crippen LogP contribution is -2.40. The van der Waals surface area contributed by atoms with Gasteiger partial charge in [-0.3, -0.25) is 0 Å². The normalized spacial score (nSPS) is 14.2. The van der Waals surface area contributed by atoms with E-state index in [1.807, 2.05) is 38.3 Å². The monoisotopic (exact) mass is 304 g/mol. The van der Waals surface area contributed by atoms with Gasteiger partial charge in [0.05, 0.1) is 5.75 Å². The molecule has 110 valence electrons. The molecule has 0 radical (unpaired) electrons. The highest BCUT2D eigenvalue weighted by Crippen LogP contribution is 2.15. The Morgan fingerprint density at radius 3 is 2.58 bits per heavy atom. The van der Waals surface area contributed by atoms with Gasteiger partial charge in [0.15, 0.2) is 0 Å². The minimum absolute atomic E-state index is 0.0114. The van der Waals surface area contributed by atoms with Crippen molar-refractivity contribution in [1.82, 2.24) is 9.62 Å². The average Bonchev–Trinajstić information content (AvgIpc) is 2.79. The van der Waals surface area contributed by atoms with Crippen LogP contribution < -0.4 is 5.32 Å². The van der Waals surface area contributed by atoms with E-state index in [1.54, 1.807) is 18.4 Å². The summed E-state index contributed by atoms with van der Waals surface area (Å²) in [5.74, 6) is 0.149. The number of thiophene rings is 1. The zero-order valence-electron chi connectivity index (χ0n) is 12.1. The highest BCUT2D eigenvalue weighted by atomic mass is 32.2. The molecular weight excluding hydrogens is 280 g/mol. The van der Waals surface area contributed by atoms with Crippen LogP contribution in [0.2, 0.25) is 0 Å². The van der Waals surface area contributed by atoms with E-state index in [9.17, 15) is 8.42 Å². The van der Waals surface area contributed by atoms with Crippen molar-refractivity contribution < 1.29 is 8.42 Å². The van der Waals surface area contributed by atoms with Crippen molar-refractivity contribution in [3.63, 3.8) is 0 Å². The maximum absolute atomic E-state index is 12.2. The Morgan fingerprint density at radius 1 is 1.37 bits per heavy atom. The Hall–Kier alpha value is -0.430. The quantitative estimate of drug-likeness (QED) is 0.798. The van der Waals surface area contributed by atoms with Crippen molar-refractivity contribution in [1.29, 1.82) is 0 Å². The Balaban J connectivity index is 2.52. The minimum Gasteiger partial charge on any atom is -0.313 e. The molecule has 6 heteroatoms. The van der Waals surface area contributed by atoms with Crippen LogP contribution in [0, 0.1) is 0 Å². The van der Waals surface area contributed by atoms with Crippen LogP contribution in [0.15, 0.2) is 17.5 Å². The molecule has 1 atom stereocenters. The van der Waals surface area contributed by atoms with Gasteiger partial charge in [0, 0.05) is 30.6 Å². The minimum atomic E-state index is -3.18. The third-order valence-corrected chi connectivity index (χ3v) is 5.90. The second-order valence-corrected chi connectivity index (χ2v) is 8.25. The lowest BCUT2D eigenvalue weighted by atomic mass is 10.2. The van der Waals surface area contributed by atoms with Crippen LogP contribution in [-0.2, 0) is 16.4 Å². The van der Waals surface area contributed by atoms with Gasteiger partial charge < -0.3 is 5.32 Å². The molecule has 1 aromatic rings. The smallest absolute Gasteiger partial charge is 0.215 e. The van der Waals surface area contributed by atoms with Gasteiger partial charge in [0.2, 0.25) is 10.0 Å². The molecular formula is C13H24N2O2S2. The molecule has 0 spiro atoms. The molecule has 0 amide bonds. The summed E-state index contributed by atoms with van der Waals surface area (Å²) >= 11 is 1.67. The first-order valence-corrected chi connectivity index (χ1v) is 9.03. The highest BCUT2D eigenvalue weighted by molar-refractivity contribution is 7.89.